The van der Waals surface area contributed by atoms with Crippen LogP contribution in [0.4, 0.5) is 13.2 Å². The standard InChI is InChI=1S/C13H16F3NO2/c1-8(17-9(2)12(18)19)7-10-5-3-4-6-11(10)13(14,15)16/h3-6,8-9,17H,7H2,1-2H3,(H,18,19)/t8?,9-/m0/s1. The zero-order valence-electron chi connectivity index (χ0n) is 10.7. The van der Waals surface area contributed by atoms with Crippen molar-refractivity contribution in [1.29, 1.82) is 0 Å². The van der Waals surface area contributed by atoms with Crippen LogP contribution in [0.25, 0.3) is 0 Å². The zero-order valence-corrected chi connectivity index (χ0v) is 10.7. The molecule has 0 saturated carbocycles. The fourth-order valence-corrected chi connectivity index (χ4v) is 1.86. The number of benzene rings is 1. The Bertz CT molecular complexity index is 446. The number of halogens is 3. The van der Waals surface area contributed by atoms with Gasteiger partial charge in [0.25, 0.3) is 0 Å². The maximum absolute atomic E-state index is 12.8. The lowest BCUT2D eigenvalue weighted by Gasteiger charge is -2.19. The third-order valence-electron chi connectivity index (χ3n) is 2.75. The summed E-state index contributed by atoms with van der Waals surface area (Å²) in [6.07, 6.45) is -4.28. The molecule has 1 aromatic rings. The predicted octanol–water partition coefficient (Wildman–Crippen LogP) is 2.70. The van der Waals surface area contributed by atoms with Gasteiger partial charge in [0.2, 0.25) is 0 Å². The highest BCUT2D eigenvalue weighted by Crippen LogP contribution is 2.32. The number of carboxylic acids is 1. The van der Waals surface area contributed by atoms with E-state index in [2.05, 4.69) is 5.32 Å². The number of carboxylic acid groups (broad SMARTS) is 1. The molecule has 0 aliphatic rings. The molecule has 106 valence electrons. The van der Waals surface area contributed by atoms with E-state index < -0.39 is 23.8 Å². The van der Waals surface area contributed by atoms with Crippen LogP contribution in [0.15, 0.2) is 24.3 Å². The van der Waals surface area contributed by atoms with Gasteiger partial charge in [-0.05, 0) is 31.9 Å². The molecule has 0 amide bonds. The van der Waals surface area contributed by atoms with Crippen LogP contribution >= 0.6 is 0 Å². The van der Waals surface area contributed by atoms with Crippen LogP contribution in [0, 0.1) is 0 Å². The van der Waals surface area contributed by atoms with E-state index in [1.54, 1.807) is 6.92 Å². The van der Waals surface area contributed by atoms with E-state index in [1.807, 2.05) is 0 Å². The van der Waals surface area contributed by atoms with E-state index in [9.17, 15) is 18.0 Å². The van der Waals surface area contributed by atoms with Crippen LogP contribution in [0.2, 0.25) is 0 Å². The Morgan fingerprint density at radius 3 is 2.42 bits per heavy atom. The second-order valence-corrected chi connectivity index (χ2v) is 4.49. The first-order valence-corrected chi connectivity index (χ1v) is 5.85. The van der Waals surface area contributed by atoms with Crippen molar-refractivity contribution in [2.24, 2.45) is 0 Å². The molecule has 1 aromatic carbocycles. The van der Waals surface area contributed by atoms with Gasteiger partial charge in [0.05, 0.1) is 5.56 Å². The number of alkyl halides is 3. The summed E-state index contributed by atoms with van der Waals surface area (Å²) >= 11 is 0. The van der Waals surface area contributed by atoms with E-state index in [0.29, 0.717) is 0 Å². The van der Waals surface area contributed by atoms with Crippen molar-refractivity contribution in [3.8, 4) is 0 Å². The van der Waals surface area contributed by atoms with Gasteiger partial charge in [0.1, 0.15) is 6.04 Å². The minimum Gasteiger partial charge on any atom is -0.480 e. The molecule has 0 aliphatic carbocycles. The SMILES string of the molecule is CC(Cc1ccccc1C(F)(F)F)N[C@@H](C)C(=O)O. The number of hydrogen-bond acceptors (Lipinski definition) is 2. The first kappa shape index (κ1) is 15.5. The van der Waals surface area contributed by atoms with Crippen LogP contribution in [0.5, 0.6) is 0 Å². The van der Waals surface area contributed by atoms with E-state index >= 15 is 0 Å². The highest BCUT2D eigenvalue weighted by Gasteiger charge is 2.33. The van der Waals surface area contributed by atoms with Gasteiger partial charge in [-0.15, -0.1) is 0 Å². The Morgan fingerprint density at radius 1 is 1.32 bits per heavy atom. The summed E-state index contributed by atoms with van der Waals surface area (Å²) in [7, 11) is 0. The molecular weight excluding hydrogens is 259 g/mol. The minimum absolute atomic E-state index is 0.118. The summed E-state index contributed by atoms with van der Waals surface area (Å²) in [6, 6.07) is 4.15. The lowest BCUT2D eigenvalue weighted by molar-refractivity contribution is -0.140. The average Bonchev–Trinajstić information content (AvgIpc) is 2.27. The van der Waals surface area contributed by atoms with Crippen molar-refractivity contribution >= 4 is 5.97 Å². The first-order chi connectivity index (χ1) is 8.71. The molecule has 19 heavy (non-hydrogen) atoms. The number of nitrogens with one attached hydrogen (secondary N) is 1. The lowest BCUT2D eigenvalue weighted by Crippen LogP contribution is -2.41. The van der Waals surface area contributed by atoms with Crippen molar-refractivity contribution in [2.45, 2.75) is 38.5 Å². The quantitative estimate of drug-likeness (QED) is 0.868. The second kappa shape index (κ2) is 6.06. The summed E-state index contributed by atoms with van der Waals surface area (Å²) in [5.74, 6) is -1.03. The summed E-state index contributed by atoms with van der Waals surface area (Å²) in [4.78, 5) is 10.7. The summed E-state index contributed by atoms with van der Waals surface area (Å²) in [5.41, 5.74) is -0.515. The molecule has 1 unspecified atom stereocenters. The summed E-state index contributed by atoms with van der Waals surface area (Å²) in [5, 5.41) is 11.5. The molecule has 0 aliphatic heterocycles. The van der Waals surface area contributed by atoms with E-state index in [1.165, 1.54) is 25.1 Å². The Labute approximate surface area is 109 Å². The zero-order chi connectivity index (χ0) is 14.6. The topological polar surface area (TPSA) is 49.3 Å². The third-order valence-corrected chi connectivity index (χ3v) is 2.75. The van der Waals surface area contributed by atoms with Gasteiger partial charge in [-0.3, -0.25) is 4.79 Å². The monoisotopic (exact) mass is 275 g/mol. The average molecular weight is 275 g/mol. The normalized spacial score (nSPS) is 15.0. The smallest absolute Gasteiger partial charge is 0.416 e. The number of rotatable bonds is 5. The molecule has 0 spiro atoms. The van der Waals surface area contributed by atoms with Gasteiger partial charge in [-0.2, -0.15) is 13.2 Å². The molecule has 1 rings (SSSR count). The lowest BCUT2D eigenvalue weighted by atomic mass is 10.00. The second-order valence-electron chi connectivity index (χ2n) is 4.49. The third kappa shape index (κ3) is 4.55. The minimum atomic E-state index is -4.39. The number of carbonyl (C=O) groups is 1. The molecule has 0 fully saturated rings. The molecule has 2 atom stereocenters. The number of hydrogen-bond donors (Lipinski definition) is 2. The van der Waals surface area contributed by atoms with Crippen LogP contribution in [-0.2, 0) is 17.4 Å². The van der Waals surface area contributed by atoms with Gasteiger partial charge in [0, 0.05) is 6.04 Å². The fourth-order valence-electron chi connectivity index (χ4n) is 1.86. The van der Waals surface area contributed by atoms with Crippen molar-refractivity contribution in [3.05, 3.63) is 35.4 Å². The van der Waals surface area contributed by atoms with Gasteiger partial charge < -0.3 is 10.4 Å². The molecule has 0 radical (unpaired) electrons. The molecule has 0 heterocycles. The summed E-state index contributed by atoms with van der Waals surface area (Å²) < 4.78 is 38.3. The molecule has 0 aromatic heterocycles. The Balaban J connectivity index is 2.80. The van der Waals surface area contributed by atoms with Gasteiger partial charge >= 0.3 is 12.1 Å². The van der Waals surface area contributed by atoms with Gasteiger partial charge in [-0.1, -0.05) is 18.2 Å². The molecule has 6 heteroatoms. The highest BCUT2D eigenvalue weighted by atomic mass is 19.4. The molecule has 0 bridgehead atoms. The highest BCUT2D eigenvalue weighted by molar-refractivity contribution is 5.72. The first-order valence-electron chi connectivity index (χ1n) is 5.85. The maximum Gasteiger partial charge on any atom is 0.416 e. The van der Waals surface area contributed by atoms with Crippen molar-refractivity contribution in [3.63, 3.8) is 0 Å². The maximum atomic E-state index is 12.8. The molecular formula is C13H16F3NO2. The van der Waals surface area contributed by atoms with Crippen LogP contribution in [0.3, 0.4) is 0 Å². The Kier molecular flexibility index (Phi) is 4.94. The van der Waals surface area contributed by atoms with Crippen molar-refractivity contribution < 1.29 is 23.1 Å². The summed E-state index contributed by atoms with van der Waals surface area (Å²) in [6.45, 7) is 3.11. The Morgan fingerprint density at radius 2 is 1.89 bits per heavy atom. The van der Waals surface area contributed by atoms with Crippen LogP contribution in [0.1, 0.15) is 25.0 Å². The van der Waals surface area contributed by atoms with Crippen LogP contribution < -0.4 is 5.32 Å². The molecule has 3 nitrogen and oxygen atoms in total. The number of aliphatic carboxylic acids is 1. The van der Waals surface area contributed by atoms with Crippen molar-refractivity contribution in [1.82, 2.24) is 5.32 Å². The predicted molar refractivity (Wildman–Crippen MR) is 64.8 cm³/mol. The van der Waals surface area contributed by atoms with E-state index in [0.717, 1.165) is 6.07 Å². The molecule has 2 N–H and O–H groups in total. The largest absolute Gasteiger partial charge is 0.480 e. The molecule has 0 saturated heterocycles. The van der Waals surface area contributed by atoms with Crippen LogP contribution in [-0.4, -0.2) is 23.2 Å². The fraction of sp³-hybridized carbons (Fsp3) is 0.462. The van der Waals surface area contributed by atoms with Gasteiger partial charge in [-0.25, -0.2) is 0 Å². The Hall–Kier alpha value is -1.56. The van der Waals surface area contributed by atoms with Gasteiger partial charge in [0.15, 0.2) is 0 Å². The van der Waals surface area contributed by atoms with E-state index in [4.69, 9.17) is 5.11 Å². The van der Waals surface area contributed by atoms with E-state index in [-0.39, 0.29) is 18.0 Å². The van der Waals surface area contributed by atoms with Crippen molar-refractivity contribution in [2.75, 3.05) is 0 Å².